The Morgan fingerprint density at radius 3 is 2.91 bits per heavy atom. The van der Waals surface area contributed by atoms with Crippen LogP contribution in [0, 0.1) is 11.3 Å². The first-order chi connectivity index (χ1) is 15.2. The summed E-state index contributed by atoms with van der Waals surface area (Å²) in [6.45, 7) is -0.564. The highest BCUT2D eigenvalue weighted by Crippen LogP contribution is 2.33. The molecule has 4 rings (SSSR count). The summed E-state index contributed by atoms with van der Waals surface area (Å²) in [6, 6.07) is 5.12. The van der Waals surface area contributed by atoms with Gasteiger partial charge in [0.05, 0.1) is 31.5 Å². The molecule has 3 atom stereocenters. The van der Waals surface area contributed by atoms with Gasteiger partial charge in [-0.05, 0) is 25.1 Å². The normalized spacial score (nSPS) is 26.2. The Balaban J connectivity index is 1.61. The number of morpholine rings is 1. The zero-order chi connectivity index (χ0) is 22.9. The first kappa shape index (κ1) is 22.2. The highest BCUT2D eigenvalue weighted by atomic mass is 19.4. The van der Waals surface area contributed by atoms with Crippen LogP contribution in [-0.2, 0) is 9.53 Å². The Bertz CT molecular complexity index is 1050. The molecule has 4 heterocycles. The van der Waals surface area contributed by atoms with Crippen LogP contribution in [0.4, 0.5) is 23.2 Å². The maximum atomic E-state index is 14.5. The highest BCUT2D eigenvalue weighted by molar-refractivity contribution is 5.94. The SMILES string of the molecule is N#Cc1ncc(N2C[C@@H](C(F)(F)F)O[C@@H](C(=O)NC[C@]3(F)CCNC3)C2)c2cccnc12. The summed E-state index contributed by atoms with van der Waals surface area (Å²) < 4.78 is 60.3. The zero-order valence-electron chi connectivity index (χ0n) is 16.8. The number of fused-ring (bicyclic) bond motifs is 1. The molecular formula is C20H20F4N6O2. The molecule has 2 aromatic heterocycles. The molecule has 0 unspecified atom stereocenters. The number of carbonyl (C=O) groups is 1. The van der Waals surface area contributed by atoms with Crippen LogP contribution in [0.3, 0.4) is 0 Å². The van der Waals surface area contributed by atoms with Crippen LogP contribution in [0.5, 0.6) is 0 Å². The first-order valence-electron chi connectivity index (χ1n) is 9.98. The predicted octanol–water partition coefficient (Wildman–Crippen LogP) is 1.46. The third kappa shape index (κ3) is 4.44. The molecule has 2 fully saturated rings. The van der Waals surface area contributed by atoms with Crippen molar-refractivity contribution in [3.8, 4) is 6.07 Å². The number of halogens is 4. The third-order valence-corrected chi connectivity index (χ3v) is 5.60. The average molecular weight is 452 g/mol. The monoisotopic (exact) mass is 452 g/mol. The summed E-state index contributed by atoms with van der Waals surface area (Å²) in [5.74, 6) is -0.822. The first-order valence-corrected chi connectivity index (χ1v) is 9.98. The lowest BCUT2D eigenvalue weighted by molar-refractivity contribution is -0.234. The summed E-state index contributed by atoms with van der Waals surface area (Å²) >= 11 is 0. The van der Waals surface area contributed by atoms with Crippen molar-refractivity contribution in [1.29, 1.82) is 5.26 Å². The number of nitrogens with one attached hydrogen (secondary N) is 2. The molecule has 1 amide bonds. The number of nitriles is 1. The summed E-state index contributed by atoms with van der Waals surface area (Å²) in [6.07, 6.45) is -5.49. The van der Waals surface area contributed by atoms with Gasteiger partial charge in [0.1, 0.15) is 17.3 Å². The fourth-order valence-electron chi connectivity index (χ4n) is 3.90. The molecular weight excluding hydrogens is 432 g/mol. The molecule has 0 saturated carbocycles. The lowest BCUT2D eigenvalue weighted by atomic mass is 10.1. The van der Waals surface area contributed by atoms with Crippen molar-refractivity contribution < 1.29 is 27.1 Å². The van der Waals surface area contributed by atoms with Gasteiger partial charge >= 0.3 is 6.18 Å². The van der Waals surface area contributed by atoms with E-state index in [1.807, 2.05) is 6.07 Å². The van der Waals surface area contributed by atoms with Crippen molar-refractivity contribution in [1.82, 2.24) is 20.6 Å². The van der Waals surface area contributed by atoms with Crippen LogP contribution in [-0.4, -0.2) is 72.7 Å². The van der Waals surface area contributed by atoms with Crippen LogP contribution in [0.1, 0.15) is 12.1 Å². The standard InChI is InChI=1S/C20H20F4N6O2/c21-19(3-5-26-10-19)11-29-18(31)15-8-30(9-16(32-15)20(22,23)24)14-7-28-13(6-25)17-12(14)2-1-4-27-17/h1-2,4,7,15-16,26H,3,5,8-11H2,(H,29,31)/t15-,16+,19+/m1/s1. The molecule has 0 radical (unpaired) electrons. The second-order valence-electron chi connectivity index (χ2n) is 7.86. The van der Waals surface area contributed by atoms with E-state index < -0.39 is 36.5 Å². The van der Waals surface area contributed by atoms with Crippen LogP contribution in [0.25, 0.3) is 10.9 Å². The van der Waals surface area contributed by atoms with Crippen molar-refractivity contribution >= 4 is 22.5 Å². The van der Waals surface area contributed by atoms with E-state index >= 15 is 0 Å². The van der Waals surface area contributed by atoms with Crippen molar-refractivity contribution in [3.63, 3.8) is 0 Å². The number of anilines is 1. The number of aromatic nitrogens is 2. The fraction of sp³-hybridized carbons (Fsp3) is 0.500. The third-order valence-electron chi connectivity index (χ3n) is 5.60. The van der Waals surface area contributed by atoms with Gasteiger partial charge in [0.15, 0.2) is 17.9 Å². The van der Waals surface area contributed by atoms with E-state index in [0.717, 1.165) is 0 Å². The number of amides is 1. The summed E-state index contributed by atoms with van der Waals surface area (Å²) in [4.78, 5) is 22.1. The second-order valence-corrected chi connectivity index (χ2v) is 7.86. The number of alkyl halides is 4. The molecule has 2 N–H and O–H groups in total. The molecule has 0 bridgehead atoms. The van der Waals surface area contributed by atoms with Gasteiger partial charge < -0.3 is 20.3 Å². The average Bonchev–Trinajstić information content (AvgIpc) is 3.22. The number of nitrogens with zero attached hydrogens (tertiary/aromatic N) is 4. The highest BCUT2D eigenvalue weighted by Gasteiger charge is 2.48. The van der Waals surface area contributed by atoms with E-state index in [9.17, 15) is 27.6 Å². The fourth-order valence-corrected chi connectivity index (χ4v) is 3.90. The zero-order valence-corrected chi connectivity index (χ0v) is 16.8. The van der Waals surface area contributed by atoms with Gasteiger partial charge in [-0.15, -0.1) is 0 Å². The molecule has 2 saturated heterocycles. The van der Waals surface area contributed by atoms with E-state index in [1.165, 1.54) is 17.3 Å². The van der Waals surface area contributed by atoms with E-state index in [1.54, 1.807) is 12.1 Å². The maximum Gasteiger partial charge on any atom is 0.416 e. The van der Waals surface area contributed by atoms with Gasteiger partial charge in [-0.2, -0.15) is 18.4 Å². The molecule has 2 aliphatic heterocycles. The van der Waals surface area contributed by atoms with Gasteiger partial charge in [0.2, 0.25) is 0 Å². The minimum atomic E-state index is -4.72. The molecule has 0 aromatic carbocycles. The van der Waals surface area contributed by atoms with E-state index in [-0.39, 0.29) is 37.3 Å². The molecule has 0 spiro atoms. The van der Waals surface area contributed by atoms with Gasteiger partial charge in [0.25, 0.3) is 5.91 Å². The predicted molar refractivity (Wildman–Crippen MR) is 106 cm³/mol. The Kier molecular flexibility index (Phi) is 5.87. The number of rotatable bonds is 4. The summed E-state index contributed by atoms with van der Waals surface area (Å²) in [5.41, 5.74) is -1.06. The minimum absolute atomic E-state index is 0.0395. The lowest BCUT2D eigenvalue weighted by Gasteiger charge is -2.39. The number of pyridine rings is 2. The van der Waals surface area contributed by atoms with Gasteiger partial charge in [-0.25, -0.2) is 9.37 Å². The van der Waals surface area contributed by atoms with Crippen LogP contribution < -0.4 is 15.5 Å². The summed E-state index contributed by atoms with van der Waals surface area (Å²) in [7, 11) is 0. The van der Waals surface area contributed by atoms with Crippen molar-refractivity contribution in [2.45, 2.75) is 30.5 Å². The molecule has 12 heteroatoms. The number of hydrogen-bond donors (Lipinski definition) is 2. The minimum Gasteiger partial charge on any atom is -0.364 e. The Morgan fingerprint density at radius 2 is 2.22 bits per heavy atom. The van der Waals surface area contributed by atoms with Gasteiger partial charge in [-0.1, -0.05) is 0 Å². The number of ether oxygens (including phenoxy) is 1. The van der Waals surface area contributed by atoms with Gasteiger partial charge in [0, 0.05) is 18.1 Å². The number of hydrogen-bond acceptors (Lipinski definition) is 7. The quantitative estimate of drug-likeness (QED) is 0.677. The van der Waals surface area contributed by atoms with E-state index in [2.05, 4.69) is 20.6 Å². The maximum absolute atomic E-state index is 14.5. The Labute approximate surface area is 180 Å². The molecule has 8 nitrogen and oxygen atoms in total. The Morgan fingerprint density at radius 1 is 1.41 bits per heavy atom. The van der Waals surface area contributed by atoms with Crippen LogP contribution in [0.15, 0.2) is 24.5 Å². The molecule has 2 aromatic rings. The topological polar surface area (TPSA) is 103 Å². The molecule has 0 aliphatic carbocycles. The van der Waals surface area contributed by atoms with Crippen molar-refractivity contribution in [2.75, 3.05) is 37.6 Å². The molecule has 170 valence electrons. The summed E-state index contributed by atoms with van der Waals surface area (Å²) in [5, 5.41) is 14.9. The molecule has 2 aliphatic rings. The smallest absolute Gasteiger partial charge is 0.364 e. The number of carbonyl (C=O) groups excluding carboxylic acids is 1. The lowest BCUT2D eigenvalue weighted by Crippen LogP contribution is -2.58. The van der Waals surface area contributed by atoms with Crippen molar-refractivity contribution in [2.24, 2.45) is 0 Å². The van der Waals surface area contributed by atoms with E-state index in [0.29, 0.717) is 17.6 Å². The van der Waals surface area contributed by atoms with E-state index in [4.69, 9.17) is 4.74 Å². The second kappa shape index (κ2) is 8.48. The van der Waals surface area contributed by atoms with Gasteiger partial charge in [-0.3, -0.25) is 9.78 Å². The largest absolute Gasteiger partial charge is 0.416 e. The van der Waals surface area contributed by atoms with Crippen molar-refractivity contribution in [3.05, 3.63) is 30.2 Å². The Hall–Kier alpha value is -3.04. The molecule has 32 heavy (non-hydrogen) atoms. The van der Waals surface area contributed by atoms with Crippen LogP contribution in [0.2, 0.25) is 0 Å². The van der Waals surface area contributed by atoms with Crippen LogP contribution >= 0.6 is 0 Å².